The average molecular weight is 113 g/mol. The highest BCUT2D eigenvalue weighted by atomic mass is 16.2. The van der Waals surface area contributed by atoms with Crippen LogP contribution in [0.15, 0.2) is 0 Å². The number of carbonyl (C=O) groups is 1. The molecule has 1 aliphatic heterocycles. The first-order chi connectivity index (χ1) is 3.66. The van der Waals surface area contributed by atoms with E-state index < -0.39 is 0 Å². The number of nitrogens with one attached hydrogen (secondary N) is 1. The van der Waals surface area contributed by atoms with E-state index in [1.807, 2.05) is 0 Å². The highest BCUT2D eigenvalue weighted by molar-refractivity contribution is 5.84. The Labute approximate surface area is 49.3 Å². The lowest BCUT2D eigenvalue weighted by Crippen LogP contribution is -2.58. The van der Waals surface area contributed by atoms with Gasteiger partial charge in [-0.15, -0.1) is 0 Å². The summed E-state index contributed by atoms with van der Waals surface area (Å²) in [6.45, 7) is 4.15. The maximum atomic E-state index is 10.4. The molecule has 1 atom stereocenters. The van der Waals surface area contributed by atoms with E-state index in [1.165, 1.54) is 0 Å². The van der Waals surface area contributed by atoms with Crippen LogP contribution in [0.3, 0.4) is 0 Å². The molecule has 0 saturated carbocycles. The van der Waals surface area contributed by atoms with Crippen LogP contribution in [0, 0.1) is 0 Å². The Morgan fingerprint density at radius 2 is 2.38 bits per heavy atom. The molecule has 8 heavy (non-hydrogen) atoms. The molecule has 0 aromatic heterocycles. The fraction of sp³-hybridized carbons (Fsp3) is 0.833. The third-order valence-corrected chi connectivity index (χ3v) is 1.77. The fourth-order valence-electron chi connectivity index (χ4n) is 0.886. The Morgan fingerprint density at radius 3 is 2.50 bits per heavy atom. The minimum atomic E-state index is 0.136. The zero-order valence-electron chi connectivity index (χ0n) is 5.32. The molecule has 2 nitrogen and oxygen atoms in total. The monoisotopic (exact) mass is 113 g/mol. The first-order valence-corrected chi connectivity index (χ1v) is 2.97. The van der Waals surface area contributed by atoms with Crippen molar-refractivity contribution in [3.63, 3.8) is 0 Å². The van der Waals surface area contributed by atoms with Gasteiger partial charge >= 0.3 is 0 Å². The molecule has 0 bridgehead atoms. The molecule has 0 aromatic carbocycles. The van der Waals surface area contributed by atoms with Crippen molar-refractivity contribution in [2.24, 2.45) is 0 Å². The fourth-order valence-corrected chi connectivity index (χ4v) is 0.886. The van der Waals surface area contributed by atoms with Crippen LogP contribution < -0.4 is 5.32 Å². The SMILES string of the molecule is CCC1(C)CC(=O)N1. The quantitative estimate of drug-likeness (QED) is 0.498. The molecule has 1 aliphatic rings. The van der Waals surface area contributed by atoms with Crippen molar-refractivity contribution < 1.29 is 4.79 Å². The second kappa shape index (κ2) is 1.47. The van der Waals surface area contributed by atoms with Gasteiger partial charge in [-0.2, -0.15) is 0 Å². The Morgan fingerprint density at radius 1 is 1.88 bits per heavy atom. The number of β-lactam (4-membered cyclic amide) rings is 1. The van der Waals surface area contributed by atoms with Crippen LogP contribution >= 0.6 is 0 Å². The summed E-state index contributed by atoms with van der Waals surface area (Å²) in [4.78, 5) is 10.4. The van der Waals surface area contributed by atoms with E-state index in [4.69, 9.17) is 0 Å². The van der Waals surface area contributed by atoms with Gasteiger partial charge in [0.1, 0.15) is 0 Å². The van der Waals surface area contributed by atoms with Crippen molar-refractivity contribution in [1.82, 2.24) is 5.32 Å². The largest absolute Gasteiger partial charge is 0.350 e. The molecule has 1 fully saturated rings. The number of carbonyl (C=O) groups excluding carboxylic acids is 1. The van der Waals surface area contributed by atoms with Crippen LogP contribution in [-0.4, -0.2) is 11.4 Å². The van der Waals surface area contributed by atoms with Gasteiger partial charge in [0.2, 0.25) is 5.91 Å². The highest BCUT2D eigenvalue weighted by Crippen LogP contribution is 2.21. The average Bonchev–Trinajstić information content (AvgIpc) is 1.63. The van der Waals surface area contributed by atoms with Gasteiger partial charge in [-0.25, -0.2) is 0 Å². The summed E-state index contributed by atoms with van der Waals surface area (Å²) in [5, 5.41) is 2.83. The van der Waals surface area contributed by atoms with Crippen LogP contribution in [0.4, 0.5) is 0 Å². The summed E-state index contributed by atoms with van der Waals surface area (Å²) < 4.78 is 0. The molecule has 1 saturated heterocycles. The second-order valence-corrected chi connectivity index (χ2v) is 2.64. The topological polar surface area (TPSA) is 29.1 Å². The van der Waals surface area contributed by atoms with Gasteiger partial charge in [-0.05, 0) is 13.3 Å². The molecule has 1 N–H and O–H groups in total. The maximum Gasteiger partial charge on any atom is 0.222 e. The van der Waals surface area contributed by atoms with Crippen LogP contribution in [0.5, 0.6) is 0 Å². The van der Waals surface area contributed by atoms with Crippen LogP contribution in [0.2, 0.25) is 0 Å². The molecular weight excluding hydrogens is 102 g/mol. The summed E-state index contributed by atoms with van der Waals surface area (Å²) in [6, 6.07) is 0. The van der Waals surface area contributed by atoms with Crippen LogP contribution in [0.1, 0.15) is 26.7 Å². The predicted molar refractivity (Wildman–Crippen MR) is 31.5 cm³/mol. The van der Waals surface area contributed by atoms with Gasteiger partial charge in [0.15, 0.2) is 0 Å². The lowest BCUT2D eigenvalue weighted by atomic mass is 9.87. The van der Waals surface area contributed by atoms with E-state index in [-0.39, 0.29) is 11.4 Å². The highest BCUT2D eigenvalue weighted by Gasteiger charge is 2.35. The molecule has 1 rings (SSSR count). The first-order valence-electron chi connectivity index (χ1n) is 2.97. The summed E-state index contributed by atoms with van der Waals surface area (Å²) in [5.41, 5.74) is 0.136. The molecule has 0 aliphatic carbocycles. The molecule has 0 radical (unpaired) electrons. The lowest BCUT2D eigenvalue weighted by Gasteiger charge is -2.37. The van der Waals surface area contributed by atoms with E-state index >= 15 is 0 Å². The summed E-state index contributed by atoms with van der Waals surface area (Å²) in [6.07, 6.45) is 1.75. The third-order valence-electron chi connectivity index (χ3n) is 1.77. The van der Waals surface area contributed by atoms with Gasteiger partial charge in [0.25, 0.3) is 0 Å². The predicted octanol–water partition coefficient (Wildman–Crippen LogP) is 0.675. The molecule has 0 spiro atoms. The third kappa shape index (κ3) is 0.703. The smallest absolute Gasteiger partial charge is 0.222 e. The van der Waals surface area contributed by atoms with Crippen molar-refractivity contribution >= 4 is 5.91 Å². The van der Waals surface area contributed by atoms with Gasteiger partial charge < -0.3 is 5.32 Å². The summed E-state index contributed by atoms with van der Waals surface area (Å²) in [5.74, 6) is 0.189. The standard InChI is InChI=1S/C6H11NO/c1-3-6(2)4-5(8)7-6/h3-4H2,1-2H3,(H,7,8). The zero-order chi connectivity index (χ0) is 6.20. The van der Waals surface area contributed by atoms with E-state index in [1.54, 1.807) is 0 Å². The number of hydrogen-bond acceptors (Lipinski definition) is 1. The van der Waals surface area contributed by atoms with Gasteiger partial charge in [-0.1, -0.05) is 6.92 Å². The second-order valence-electron chi connectivity index (χ2n) is 2.64. The number of rotatable bonds is 1. The van der Waals surface area contributed by atoms with Crippen molar-refractivity contribution in [3.05, 3.63) is 0 Å². The normalized spacial score (nSPS) is 36.0. The Bertz CT molecular complexity index is 112. The summed E-state index contributed by atoms with van der Waals surface area (Å²) >= 11 is 0. The molecule has 1 unspecified atom stereocenters. The van der Waals surface area contributed by atoms with E-state index in [0.717, 1.165) is 6.42 Å². The number of hydrogen-bond donors (Lipinski definition) is 1. The number of amides is 1. The maximum absolute atomic E-state index is 10.4. The Kier molecular flexibility index (Phi) is 1.03. The minimum Gasteiger partial charge on any atom is -0.350 e. The first kappa shape index (κ1) is 5.60. The molecule has 46 valence electrons. The van der Waals surface area contributed by atoms with E-state index in [9.17, 15) is 4.79 Å². The Balaban J connectivity index is 2.40. The minimum absolute atomic E-state index is 0.136. The molecule has 1 amide bonds. The summed E-state index contributed by atoms with van der Waals surface area (Å²) in [7, 11) is 0. The van der Waals surface area contributed by atoms with Gasteiger partial charge in [0, 0.05) is 12.0 Å². The molecule has 1 heterocycles. The van der Waals surface area contributed by atoms with Crippen LogP contribution in [-0.2, 0) is 4.79 Å². The molecule has 0 aromatic rings. The van der Waals surface area contributed by atoms with Crippen molar-refractivity contribution in [2.45, 2.75) is 32.2 Å². The van der Waals surface area contributed by atoms with Crippen LogP contribution in [0.25, 0.3) is 0 Å². The zero-order valence-corrected chi connectivity index (χ0v) is 5.32. The lowest BCUT2D eigenvalue weighted by molar-refractivity contribution is -0.132. The van der Waals surface area contributed by atoms with Crippen molar-refractivity contribution in [1.29, 1.82) is 0 Å². The van der Waals surface area contributed by atoms with Gasteiger partial charge in [-0.3, -0.25) is 4.79 Å². The van der Waals surface area contributed by atoms with Crippen molar-refractivity contribution in [2.75, 3.05) is 0 Å². The van der Waals surface area contributed by atoms with E-state index in [0.29, 0.717) is 6.42 Å². The van der Waals surface area contributed by atoms with Gasteiger partial charge in [0.05, 0.1) is 0 Å². The molecular formula is C6H11NO. The van der Waals surface area contributed by atoms with Crippen molar-refractivity contribution in [3.8, 4) is 0 Å². The molecule has 2 heteroatoms. The Hall–Kier alpha value is -0.530. The van der Waals surface area contributed by atoms with E-state index in [2.05, 4.69) is 19.2 Å².